The largest absolute Gasteiger partial charge is 0.330 e. The molecule has 5 nitrogen and oxygen atoms in total. The topological polar surface area (TPSA) is 89.4 Å². The molecule has 13 heavy (non-hydrogen) atoms. The summed E-state index contributed by atoms with van der Waals surface area (Å²) in [5.41, 5.74) is 10.9. The molecule has 0 fully saturated rings. The average molecular weight is 183 g/mol. The Labute approximate surface area is 76.4 Å². The summed E-state index contributed by atoms with van der Waals surface area (Å²) < 4.78 is 0. The van der Waals surface area contributed by atoms with Crippen LogP contribution in [0.15, 0.2) is 12.2 Å². The summed E-state index contributed by atoms with van der Waals surface area (Å²) >= 11 is 0. The van der Waals surface area contributed by atoms with Crippen LogP contribution < -0.4 is 11.5 Å². The van der Waals surface area contributed by atoms with Crippen molar-refractivity contribution in [3.8, 4) is 0 Å². The third-order valence-corrected chi connectivity index (χ3v) is 1.86. The van der Waals surface area contributed by atoms with E-state index in [1.54, 1.807) is 0 Å². The van der Waals surface area contributed by atoms with Crippen molar-refractivity contribution in [3.63, 3.8) is 0 Å². The highest BCUT2D eigenvalue weighted by Gasteiger charge is 2.24. The molecule has 0 spiro atoms. The van der Waals surface area contributed by atoms with Crippen molar-refractivity contribution in [2.45, 2.75) is 12.5 Å². The zero-order valence-electron chi connectivity index (χ0n) is 7.27. The first kappa shape index (κ1) is 9.88. The highest BCUT2D eigenvalue weighted by atomic mass is 16.2. The van der Waals surface area contributed by atoms with E-state index in [2.05, 4.69) is 0 Å². The molecule has 0 aromatic rings. The second-order valence-electron chi connectivity index (χ2n) is 2.96. The van der Waals surface area contributed by atoms with E-state index in [0.29, 0.717) is 13.0 Å². The third-order valence-electron chi connectivity index (χ3n) is 1.86. The van der Waals surface area contributed by atoms with Crippen LogP contribution in [0.1, 0.15) is 6.42 Å². The molecule has 1 rings (SSSR count). The van der Waals surface area contributed by atoms with E-state index < -0.39 is 0 Å². The van der Waals surface area contributed by atoms with Gasteiger partial charge in [0.15, 0.2) is 0 Å². The molecule has 0 bridgehead atoms. The van der Waals surface area contributed by atoms with E-state index in [4.69, 9.17) is 11.5 Å². The van der Waals surface area contributed by atoms with Crippen LogP contribution in [-0.2, 0) is 9.59 Å². The van der Waals surface area contributed by atoms with E-state index in [-0.39, 0.29) is 24.4 Å². The van der Waals surface area contributed by atoms with Crippen molar-refractivity contribution >= 4 is 11.8 Å². The predicted molar refractivity (Wildman–Crippen MR) is 47.5 cm³/mol. The van der Waals surface area contributed by atoms with Gasteiger partial charge in [-0.2, -0.15) is 0 Å². The molecule has 2 amide bonds. The number of hydrogen-bond acceptors (Lipinski definition) is 4. The van der Waals surface area contributed by atoms with Gasteiger partial charge in [0.05, 0.1) is 0 Å². The first-order valence-electron chi connectivity index (χ1n) is 4.14. The van der Waals surface area contributed by atoms with E-state index in [1.165, 1.54) is 12.2 Å². The van der Waals surface area contributed by atoms with Crippen molar-refractivity contribution in [3.05, 3.63) is 12.2 Å². The molecule has 0 aliphatic carbocycles. The van der Waals surface area contributed by atoms with E-state index in [1.807, 2.05) is 0 Å². The number of carbonyl (C=O) groups is 2. The van der Waals surface area contributed by atoms with Crippen LogP contribution in [0.3, 0.4) is 0 Å². The third kappa shape index (κ3) is 2.37. The number of nitrogens with zero attached hydrogens (tertiary/aromatic N) is 1. The number of hydrogen-bond donors (Lipinski definition) is 2. The number of carbonyl (C=O) groups excluding carboxylic acids is 2. The lowest BCUT2D eigenvalue weighted by molar-refractivity contribution is -0.137. The van der Waals surface area contributed by atoms with Crippen molar-refractivity contribution in [1.82, 2.24) is 4.90 Å². The maximum absolute atomic E-state index is 11.1. The smallest absolute Gasteiger partial charge is 0.253 e. The minimum atomic E-state index is -0.294. The predicted octanol–water partition coefficient (Wildman–Crippen LogP) is -1.41. The summed E-state index contributed by atoms with van der Waals surface area (Å²) in [6.45, 7) is 0.715. The highest BCUT2D eigenvalue weighted by molar-refractivity contribution is 6.12. The maximum Gasteiger partial charge on any atom is 0.253 e. The van der Waals surface area contributed by atoms with Gasteiger partial charge in [0.2, 0.25) is 0 Å². The highest BCUT2D eigenvalue weighted by Crippen LogP contribution is 2.04. The minimum absolute atomic E-state index is 0.224. The second-order valence-corrected chi connectivity index (χ2v) is 2.96. The SMILES string of the molecule is NCCC(N)CN1C(=O)C=CC1=O. The lowest BCUT2D eigenvalue weighted by Crippen LogP contribution is -2.41. The maximum atomic E-state index is 11.1. The fourth-order valence-electron chi connectivity index (χ4n) is 1.15. The Hall–Kier alpha value is -1.20. The van der Waals surface area contributed by atoms with Crippen LogP contribution in [0.4, 0.5) is 0 Å². The normalized spacial score (nSPS) is 18.5. The molecule has 1 unspecified atom stereocenters. The summed E-state index contributed by atoms with van der Waals surface area (Å²) in [5.74, 6) is -0.588. The van der Waals surface area contributed by atoms with Gasteiger partial charge in [-0.3, -0.25) is 14.5 Å². The molecule has 0 saturated carbocycles. The van der Waals surface area contributed by atoms with Gasteiger partial charge in [-0.15, -0.1) is 0 Å². The van der Waals surface area contributed by atoms with Crippen LogP contribution in [0, 0.1) is 0 Å². The second kappa shape index (κ2) is 4.15. The van der Waals surface area contributed by atoms with Crippen LogP contribution in [0.25, 0.3) is 0 Å². The Morgan fingerprint density at radius 2 is 1.85 bits per heavy atom. The van der Waals surface area contributed by atoms with E-state index in [9.17, 15) is 9.59 Å². The van der Waals surface area contributed by atoms with Gasteiger partial charge in [0.25, 0.3) is 11.8 Å². The zero-order chi connectivity index (χ0) is 9.84. The number of imide groups is 1. The van der Waals surface area contributed by atoms with Crippen LogP contribution in [0.5, 0.6) is 0 Å². The fraction of sp³-hybridized carbons (Fsp3) is 0.500. The van der Waals surface area contributed by atoms with Crippen LogP contribution in [-0.4, -0.2) is 35.8 Å². The summed E-state index contributed by atoms with van der Waals surface area (Å²) in [6, 6.07) is -0.224. The van der Waals surface area contributed by atoms with Crippen molar-refractivity contribution < 1.29 is 9.59 Å². The van der Waals surface area contributed by atoms with Gasteiger partial charge in [0.1, 0.15) is 0 Å². The molecule has 72 valence electrons. The van der Waals surface area contributed by atoms with Gasteiger partial charge in [-0.05, 0) is 13.0 Å². The number of amides is 2. The Morgan fingerprint density at radius 3 is 2.31 bits per heavy atom. The van der Waals surface area contributed by atoms with Gasteiger partial charge in [-0.1, -0.05) is 0 Å². The van der Waals surface area contributed by atoms with Crippen molar-refractivity contribution in [2.24, 2.45) is 11.5 Å². The van der Waals surface area contributed by atoms with Gasteiger partial charge < -0.3 is 11.5 Å². The summed E-state index contributed by atoms with van der Waals surface area (Å²) in [7, 11) is 0. The Bertz CT molecular complexity index is 232. The van der Waals surface area contributed by atoms with E-state index >= 15 is 0 Å². The molecule has 0 saturated heterocycles. The molecule has 0 aromatic carbocycles. The zero-order valence-corrected chi connectivity index (χ0v) is 7.27. The Balaban J connectivity index is 2.45. The van der Waals surface area contributed by atoms with Gasteiger partial charge in [-0.25, -0.2) is 0 Å². The molecule has 1 aliphatic heterocycles. The molecule has 1 aliphatic rings. The standard InChI is InChI=1S/C8H13N3O2/c9-4-3-6(10)5-11-7(12)1-2-8(11)13/h1-2,6H,3-5,9-10H2. The molecule has 1 atom stereocenters. The first-order valence-corrected chi connectivity index (χ1v) is 4.14. The summed E-state index contributed by atoms with van der Waals surface area (Å²) in [5, 5.41) is 0. The van der Waals surface area contributed by atoms with Crippen LogP contribution >= 0.6 is 0 Å². The number of nitrogens with two attached hydrogens (primary N) is 2. The Kier molecular flexibility index (Phi) is 3.16. The number of rotatable bonds is 4. The van der Waals surface area contributed by atoms with E-state index in [0.717, 1.165) is 4.90 Å². The van der Waals surface area contributed by atoms with Crippen LogP contribution in [0.2, 0.25) is 0 Å². The first-order chi connectivity index (χ1) is 6.15. The molecule has 0 aromatic heterocycles. The molecule has 1 heterocycles. The average Bonchev–Trinajstić information content (AvgIpc) is 2.36. The quantitative estimate of drug-likeness (QED) is 0.524. The molecule has 0 radical (unpaired) electrons. The molecular formula is C8H13N3O2. The van der Waals surface area contributed by atoms with Gasteiger partial charge >= 0.3 is 0 Å². The molecular weight excluding hydrogens is 170 g/mol. The van der Waals surface area contributed by atoms with Crippen molar-refractivity contribution in [2.75, 3.05) is 13.1 Å². The molecule has 5 heteroatoms. The van der Waals surface area contributed by atoms with Crippen molar-refractivity contribution in [1.29, 1.82) is 0 Å². The lowest BCUT2D eigenvalue weighted by Gasteiger charge is -2.18. The van der Waals surface area contributed by atoms with Gasteiger partial charge in [0, 0.05) is 24.7 Å². The summed E-state index contributed by atoms with van der Waals surface area (Å²) in [6.07, 6.45) is 3.10. The monoisotopic (exact) mass is 183 g/mol. The Morgan fingerprint density at radius 1 is 1.31 bits per heavy atom. The lowest BCUT2D eigenvalue weighted by atomic mass is 10.2. The fourth-order valence-corrected chi connectivity index (χ4v) is 1.15. The minimum Gasteiger partial charge on any atom is -0.330 e. The molecule has 4 N–H and O–H groups in total. The summed E-state index contributed by atoms with van der Waals surface area (Å²) in [4.78, 5) is 23.2.